The average molecular weight is 662 g/mol. The minimum absolute atomic E-state index is 0.0134. The number of carbonyl (C=O) groups excluding carboxylic acids is 4. The van der Waals surface area contributed by atoms with Crippen LogP contribution in [0.15, 0.2) is 48.5 Å². The van der Waals surface area contributed by atoms with Crippen molar-refractivity contribution in [2.24, 2.45) is 5.73 Å². The first-order valence-electron chi connectivity index (χ1n) is 15.4. The minimum Gasteiger partial charge on any atom is -0.507 e. The maximum absolute atomic E-state index is 13.9. The Kier molecular flexibility index (Phi) is 8.83. The molecule has 6 N–H and O–H groups in total. The second kappa shape index (κ2) is 12.7. The Labute approximate surface area is 274 Å². The highest BCUT2D eigenvalue weighted by molar-refractivity contribution is 6.31. The van der Waals surface area contributed by atoms with Crippen LogP contribution in [0.4, 0.5) is 0 Å². The van der Waals surface area contributed by atoms with E-state index < -0.39 is 102 Å². The Morgan fingerprint density at radius 2 is 1.71 bits per heavy atom. The van der Waals surface area contributed by atoms with E-state index in [0.29, 0.717) is 5.56 Å². The molecule has 13 nitrogen and oxygen atoms in total. The molecule has 0 saturated carbocycles. The zero-order chi connectivity index (χ0) is 34.5. The molecule has 0 radical (unpaired) electrons. The third-order valence-corrected chi connectivity index (χ3v) is 9.22. The van der Waals surface area contributed by atoms with Crippen LogP contribution in [0.2, 0.25) is 0 Å². The van der Waals surface area contributed by atoms with Crippen molar-refractivity contribution in [2.75, 3.05) is 13.7 Å². The number of phenolic OH excluding ortho intramolecular Hbond substituents is 2. The first-order valence-corrected chi connectivity index (χ1v) is 15.4. The summed E-state index contributed by atoms with van der Waals surface area (Å²) in [5.74, 6) is -4.55. The molecule has 48 heavy (non-hydrogen) atoms. The summed E-state index contributed by atoms with van der Waals surface area (Å²) < 4.78 is 22.5. The summed E-state index contributed by atoms with van der Waals surface area (Å²) >= 11 is 0. The van der Waals surface area contributed by atoms with E-state index in [2.05, 4.69) is 0 Å². The van der Waals surface area contributed by atoms with Gasteiger partial charge < -0.3 is 45.1 Å². The number of aliphatic hydroxyl groups is 2. The molecule has 1 heterocycles. The normalized spacial score (nSPS) is 26.2. The highest BCUT2D eigenvalue weighted by atomic mass is 16.7. The van der Waals surface area contributed by atoms with E-state index in [1.54, 1.807) is 37.3 Å². The second-order valence-electron chi connectivity index (χ2n) is 12.3. The zero-order valence-corrected chi connectivity index (χ0v) is 26.2. The van der Waals surface area contributed by atoms with Crippen LogP contribution >= 0.6 is 0 Å². The van der Waals surface area contributed by atoms with Crippen molar-refractivity contribution in [2.45, 2.75) is 68.9 Å². The molecule has 1 aliphatic heterocycles. The molecule has 3 aromatic rings. The van der Waals surface area contributed by atoms with Crippen molar-refractivity contribution < 1.29 is 58.6 Å². The summed E-state index contributed by atoms with van der Waals surface area (Å²) in [7, 11) is 1.32. The Hall–Kier alpha value is -4.66. The number of Topliss-reactive ketones (excluding diaryl/α,β-unsaturated/α-hetero) is 1. The van der Waals surface area contributed by atoms with Gasteiger partial charge in [0.15, 0.2) is 18.7 Å². The van der Waals surface area contributed by atoms with Gasteiger partial charge in [-0.05, 0) is 18.6 Å². The van der Waals surface area contributed by atoms with Crippen LogP contribution in [0.1, 0.15) is 74.4 Å². The van der Waals surface area contributed by atoms with Gasteiger partial charge in [0.2, 0.25) is 11.6 Å². The third kappa shape index (κ3) is 5.73. The molecule has 2 aliphatic carbocycles. The lowest BCUT2D eigenvalue weighted by atomic mass is 9.72. The molecule has 0 bridgehead atoms. The topological polar surface area (TPSA) is 212 Å². The van der Waals surface area contributed by atoms with Gasteiger partial charge in [-0.15, -0.1) is 0 Å². The lowest BCUT2D eigenvalue weighted by Crippen LogP contribution is -2.53. The largest absolute Gasteiger partial charge is 0.507 e. The van der Waals surface area contributed by atoms with Crippen LogP contribution in [0.5, 0.6) is 17.2 Å². The third-order valence-electron chi connectivity index (χ3n) is 9.22. The molecule has 6 atom stereocenters. The predicted octanol–water partition coefficient (Wildman–Crippen LogP) is 1.79. The van der Waals surface area contributed by atoms with E-state index in [9.17, 15) is 39.6 Å². The predicted molar refractivity (Wildman–Crippen MR) is 166 cm³/mol. The maximum Gasteiger partial charge on any atom is 0.310 e. The highest BCUT2D eigenvalue weighted by Crippen LogP contribution is 2.52. The summed E-state index contributed by atoms with van der Waals surface area (Å²) in [4.78, 5) is 53.7. The molecule has 252 valence electrons. The zero-order valence-electron chi connectivity index (χ0n) is 26.2. The molecule has 0 amide bonds. The molecular formula is C35H35NO12. The smallest absolute Gasteiger partial charge is 0.310 e. The Balaban J connectivity index is 1.39. The van der Waals surface area contributed by atoms with E-state index in [1.807, 2.05) is 0 Å². The van der Waals surface area contributed by atoms with E-state index in [1.165, 1.54) is 25.3 Å². The number of hydrogen-bond acceptors (Lipinski definition) is 13. The van der Waals surface area contributed by atoms with E-state index in [4.69, 9.17) is 24.7 Å². The van der Waals surface area contributed by atoms with Crippen molar-refractivity contribution in [3.8, 4) is 17.2 Å². The van der Waals surface area contributed by atoms with Crippen LogP contribution < -0.4 is 10.5 Å². The van der Waals surface area contributed by atoms with Gasteiger partial charge in [-0.25, -0.2) is 0 Å². The van der Waals surface area contributed by atoms with Gasteiger partial charge in [-0.3, -0.25) is 19.2 Å². The maximum atomic E-state index is 13.9. The van der Waals surface area contributed by atoms with Crippen LogP contribution in [-0.2, 0) is 36.6 Å². The number of rotatable bonds is 8. The van der Waals surface area contributed by atoms with Crippen molar-refractivity contribution in [3.05, 3.63) is 87.5 Å². The molecule has 6 rings (SSSR count). The highest BCUT2D eigenvalue weighted by Gasteiger charge is 2.50. The van der Waals surface area contributed by atoms with Crippen molar-refractivity contribution >= 4 is 23.3 Å². The van der Waals surface area contributed by atoms with Crippen molar-refractivity contribution in [1.29, 1.82) is 0 Å². The number of aliphatic hydroxyl groups excluding tert-OH is 1. The number of ketones is 3. The monoisotopic (exact) mass is 661 g/mol. The quantitative estimate of drug-likeness (QED) is 0.135. The van der Waals surface area contributed by atoms with Crippen LogP contribution in [0.3, 0.4) is 0 Å². The number of fused-ring (bicyclic) bond motifs is 3. The fourth-order valence-corrected chi connectivity index (χ4v) is 6.70. The van der Waals surface area contributed by atoms with Crippen LogP contribution in [0, 0.1) is 0 Å². The first-order chi connectivity index (χ1) is 22.8. The van der Waals surface area contributed by atoms with Gasteiger partial charge in [0.1, 0.15) is 22.8 Å². The Bertz CT molecular complexity index is 1790. The van der Waals surface area contributed by atoms with Crippen LogP contribution in [-0.4, -0.2) is 87.6 Å². The summed E-state index contributed by atoms with van der Waals surface area (Å²) in [5, 5.41) is 45.4. The number of esters is 1. The molecule has 0 aromatic heterocycles. The molecule has 1 fully saturated rings. The van der Waals surface area contributed by atoms with Gasteiger partial charge in [-0.2, -0.15) is 0 Å². The Morgan fingerprint density at radius 3 is 2.40 bits per heavy atom. The summed E-state index contributed by atoms with van der Waals surface area (Å²) in [6.45, 7) is 0.758. The van der Waals surface area contributed by atoms with E-state index >= 15 is 0 Å². The van der Waals surface area contributed by atoms with Gasteiger partial charge in [0.05, 0.1) is 48.5 Å². The minimum atomic E-state index is -2.33. The molecule has 0 spiro atoms. The summed E-state index contributed by atoms with van der Waals surface area (Å²) in [5.41, 5.74) is 2.90. The van der Waals surface area contributed by atoms with Crippen molar-refractivity contribution in [3.63, 3.8) is 0 Å². The standard InChI is InChI=1S/C35H35NO12/c1-16-30(39)20(36)12-25(47-16)48-22-14-35(44,23(37)15-46-24(38)11-17-7-4-3-5-8-17)13-19-27(22)34(43)29-28(32(19)41)31(40)18-9-6-10-21(45-2)26(18)33(29)42/h3-10,16,20,22,25,30,39,41,43-44H,11-15,36H2,1-2H3/t16-,20+,22+,25-,30-,35-/m0/s1. The van der Waals surface area contributed by atoms with E-state index in [0.717, 1.165) is 0 Å². The molecular weight excluding hydrogens is 626 g/mol. The number of carbonyl (C=O) groups is 4. The number of ether oxygens (including phenoxy) is 4. The van der Waals surface area contributed by atoms with E-state index in [-0.39, 0.29) is 40.8 Å². The summed E-state index contributed by atoms with van der Waals surface area (Å²) in [6, 6.07) is 12.3. The number of methoxy groups -OCH3 is 1. The van der Waals surface area contributed by atoms with Gasteiger partial charge in [0, 0.05) is 42.0 Å². The lowest BCUT2D eigenvalue weighted by Gasteiger charge is -2.42. The fourth-order valence-electron chi connectivity index (χ4n) is 6.70. The molecule has 1 saturated heterocycles. The van der Waals surface area contributed by atoms with Gasteiger partial charge in [-0.1, -0.05) is 42.5 Å². The number of hydrogen-bond donors (Lipinski definition) is 5. The number of nitrogens with two attached hydrogens (primary N) is 1. The number of benzene rings is 3. The molecule has 3 aromatic carbocycles. The first kappa shape index (κ1) is 33.2. The summed E-state index contributed by atoms with van der Waals surface area (Å²) in [6.07, 6.45) is -5.54. The Morgan fingerprint density at radius 1 is 1.00 bits per heavy atom. The molecule has 13 heteroatoms. The van der Waals surface area contributed by atoms with Crippen LogP contribution in [0.25, 0.3) is 0 Å². The number of phenols is 2. The van der Waals surface area contributed by atoms with Crippen molar-refractivity contribution in [1.82, 2.24) is 0 Å². The lowest BCUT2D eigenvalue weighted by molar-refractivity contribution is -0.247. The number of aromatic hydroxyl groups is 2. The molecule has 0 unspecified atom stereocenters. The second-order valence-corrected chi connectivity index (χ2v) is 12.3. The van der Waals surface area contributed by atoms with Gasteiger partial charge in [0.25, 0.3) is 0 Å². The van der Waals surface area contributed by atoms with Gasteiger partial charge >= 0.3 is 5.97 Å². The molecule has 3 aliphatic rings. The SMILES string of the molecule is COc1cccc2c1C(=O)c1c(O)c3c(c(O)c1C2=O)C[C@@](O)(C(=O)COC(=O)Cc1ccccc1)C[C@H]3O[C@H]1C[C@@H](N)[C@@H](O)[C@H](C)O1. The fraction of sp³-hybridized carbons (Fsp3) is 0.371. The average Bonchev–Trinajstić information content (AvgIpc) is 3.06.